The van der Waals surface area contributed by atoms with E-state index in [-0.39, 0.29) is 0 Å². The van der Waals surface area contributed by atoms with Gasteiger partial charge in [0.1, 0.15) is 0 Å². The van der Waals surface area contributed by atoms with Gasteiger partial charge < -0.3 is 0 Å². The molecule has 0 fully saturated rings. The second-order valence-corrected chi connectivity index (χ2v) is 34.6. The topological polar surface area (TPSA) is 0 Å². The van der Waals surface area contributed by atoms with Crippen molar-refractivity contribution in [2.24, 2.45) is 0 Å². The van der Waals surface area contributed by atoms with Crippen LogP contribution in [0.15, 0.2) is 400 Å². The Hall–Kier alpha value is -14.2. The largest absolute Gasteiger partial charge is 0.135 e. The molecule has 3 aromatic heterocycles. The molecule has 0 aliphatic carbocycles. The van der Waals surface area contributed by atoms with Crippen molar-refractivity contribution in [1.82, 2.24) is 0 Å². The lowest BCUT2D eigenvalue weighted by atomic mass is 9.89. The molecule has 22 aromatic carbocycles. The molecular weight excluding hydrogens is 1470 g/mol. The van der Waals surface area contributed by atoms with Crippen LogP contribution in [0.25, 0.3) is 258 Å². The molecule has 117 heavy (non-hydrogen) atoms. The molecule has 0 N–H and O–H groups in total. The number of benzene rings is 22. The SMILES string of the molecule is c1ccc(-c2cccc3c2sc2c(-c4cccc(-c5ccc6c7ccccc7c7cc(-c8ccc9sc%10c(-c%11ccc%12c%13ccccc%13c%13ccccc%13c%12c%11)cc(-c%11cccc(-c%12ccc(-c%13cccc%14c%13sc%13c(-c%15ccc%16c%17ccccc%17c%17ccccc%17c%16c%15)cccc%13%14)cc%12)c%11)cc%10c9c8)ccc7c6c5)c4)cccc23)cc1. The van der Waals surface area contributed by atoms with Crippen molar-refractivity contribution < 1.29 is 0 Å². The number of fused-ring (bicyclic) bond motifs is 27. The van der Waals surface area contributed by atoms with Gasteiger partial charge in [-0.25, -0.2) is 0 Å². The van der Waals surface area contributed by atoms with Gasteiger partial charge in [-0.3, -0.25) is 0 Å². The van der Waals surface area contributed by atoms with Gasteiger partial charge in [-0.15, -0.1) is 34.0 Å². The fraction of sp³-hybridized carbons (Fsp3) is 0. The Labute approximate surface area is 686 Å². The van der Waals surface area contributed by atoms with Crippen molar-refractivity contribution in [1.29, 1.82) is 0 Å². The van der Waals surface area contributed by atoms with Crippen molar-refractivity contribution in [2.45, 2.75) is 0 Å². The smallest absolute Gasteiger partial charge is 0.0434 e. The minimum atomic E-state index is 1.18. The third-order valence-electron chi connectivity index (χ3n) is 25.2. The third-order valence-corrected chi connectivity index (χ3v) is 29.0. The summed E-state index contributed by atoms with van der Waals surface area (Å²) in [6.07, 6.45) is 0. The Bertz CT molecular complexity index is 8490. The zero-order valence-electron chi connectivity index (χ0n) is 63.3. The van der Waals surface area contributed by atoms with E-state index in [1.807, 2.05) is 34.0 Å². The Morgan fingerprint density at radius 2 is 0.342 bits per heavy atom. The van der Waals surface area contributed by atoms with Gasteiger partial charge in [-0.05, 0) is 252 Å². The highest BCUT2D eigenvalue weighted by Crippen LogP contribution is 2.51. The van der Waals surface area contributed by atoms with Gasteiger partial charge in [0.25, 0.3) is 0 Å². The van der Waals surface area contributed by atoms with Crippen LogP contribution in [0.4, 0.5) is 0 Å². The van der Waals surface area contributed by atoms with Crippen molar-refractivity contribution in [3.05, 3.63) is 400 Å². The van der Waals surface area contributed by atoms with Crippen LogP contribution in [0.1, 0.15) is 0 Å². The zero-order chi connectivity index (χ0) is 76.5. The lowest BCUT2D eigenvalue weighted by Crippen LogP contribution is -1.87. The average Bonchev–Trinajstić information content (AvgIpc) is 1.61. The second-order valence-electron chi connectivity index (χ2n) is 31.5. The Kier molecular flexibility index (Phi) is 14.8. The molecule has 25 rings (SSSR count). The van der Waals surface area contributed by atoms with E-state index in [9.17, 15) is 0 Å². The van der Waals surface area contributed by atoms with Crippen LogP contribution in [-0.4, -0.2) is 0 Å². The molecule has 0 nitrogen and oxygen atoms in total. The average molecular weight is 1530 g/mol. The van der Waals surface area contributed by atoms with E-state index in [2.05, 4.69) is 400 Å². The Balaban J connectivity index is 0.592. The summed E-state index contributed by atoms with van der Waals surface area (Å²) in [5.74, 6) is 0. The summed E-state index contributed by atoms with van der Waals surface area (Å²) in [6.45, 7) is 0. The molecule has 0 radical (unpaired) electrons. The summed E-state index contributed by atoms with van der Waals surface area (Å²) in [5.41, 5.74) is 22.0. The van der Waals surface area contributed by atoms with E-state index in [1.54, 1.807) is 0 Å². The highest BCUT2D eigenvalue weighted by molar-refractivity contribution is 7.27. The molecule has 0 saturated carbocycles. The van der Waals surface area contributed by atoms with Crippen molar-refractivity contribution in [2.75, 3.05) is 0 Å². The molecule has 0 saturated heterocycles. The highest BCUT2D eigenvalue weighted by Gasteiger charge is 2.23. The quantitative estimate of drug-likeness (QED) is 0.126. The fourth-order valence-electron chi connectivity index (χ4n) is 19.7. The van der Waals surface area contributed by atoms with Crippen LogP contribution >= 0.6 is 34.0 Å². The summed E-state index contributed by atoms with van der Waals surface area (Å²) >= 11 is 5.74. The van der Waals surface area contributed by atoms with Crippen LogP contribution in [0, 0.1) is 0 Å². The first kappa shape index (κ1) is 66.3. The molecule has 0 spiro atoms. The van der Waals surface area contributed by atoms with Crippen LogP contribution < -0.4 is 0 Å². The summed E-state index contributed by atoms with van der Waals surface area (Å²) < 4.78 is 7.83. The molecule has 0 aliphatic heterocycles. The van der Waals surface area contributed by atoms with E-state index < -0.39 is 0 Å². The lowest BCUT2D eigenvalue weighted by Gasteiger charge is -2.14. The lowest BCUT2D eigenvalue weighted by molar-refractivity contribution is 1.59. The van der Waals surface area contributed by atoms with E-state index in [1.165, 1.54) is 258 Å². The maximum absolute atomic E-state index is 2.48. The minimum absolute atomic E-state index is 1.18. The molecule has 25 aromatic rings. The molecule has 0 amide bonds. The van der Waals surface area contributed by atoms with E-state index in [0.717, 1.165) is 0 Å². The fourth-order valence-corrected chi connectivity index (χ4v) is 23.6. The standard InChI is InChI=1S/C114H66S3/c1-2-20-68(21-3-1)80-36-16-40-98-100-42-18-38-82(112(100)116-110(80)98)76-25-15-23-71(59-76)73-48-53-94-90-32-10-13-35-93(90)103-61-74(49-54-97(103)104(94)60-73)75-52-57-109-107(62-75)108-66-79(65-102(114(108)115-109)78-51-56-96-89-31-7-5-27-85(89)87-29-9-12-34-92(87)106(96)64-78)72-24-14-22-70(58-72)67-44-46-69(47-45-67)81-37-17-41-99-101-43-19-39-83(113(101)117-111(81)99)77-50-55-95-88-30-6-4-26-84(88)86-28-8-11-33-91(86)105(95)63-77/h1-66H. The third kappa shape index (κ3) is 10.4. The number of hydrogen-bond donors (Lipinski definition) is 0. The van der Waals surface area contributed by atoms with Gasteiger partial charge in [0, 0.05) is 66.1 Å². The molecule has 540 valence electrons. The molecule has 0 bridgehead atoms. The molecule has 3 heteroatoms. The molecular formula is C114H66S3. The monoisotopic (exact) mass is 1530 g/mol. The normalized spacial score (nSPS) is 12.1. The van der Waals surface area contributed by atoms with Crippen LogP contribution in [-0.2, 0) is 0 Å². The van der Waals surface area contributed by atoms with Crippen LogP contribution in [0.2, 0.25) is 0 Å². The summed E-state index contributed by atoms with van der Waals surface area (Å²) in [5, 5.41) is 30.7. The Morgan fingerprint density at radius 1 is 0.103 bits per heavy atom. The summed E-state index contributed by atoms with van der Waals surface area (Å²) in [4.78, 5) is 0. The van der Waals surface area contributed by atoms with Gasteiger partial charge in [-0.1, -0.05) is 340 Å². The van der Waals surface area contributed by atoms with Crippen LogP contribution in [0.5, 0.6) is 0 Å². The van der Waals surface area contributed by atoms with E-state index in [4.69, 9.17) is 0 Å². The van der Waals surface area contributed by atoms with Gasteiger partial charge in [0.15, 0.2) is 0 Å². The zero-order valence-corrected chi connectivity index (χ0v) is 65.8. The second kappa shape index (κ2) is 26.2. The first-order valence-corrected chi connectivity index (χ1v) is 42.8. The molecule has 3 heterocycles. The first-order chi connectivity index (χ1) is 58.0. The number of hydrogen-bond acceptors (Lipinski definition) is 3. The van der Waals surface area contributed by atoms with Crippen molar-refractivity contribution in [3.8, 4) is 100 Å². The van der Waals surface area contributed by atoms with Crippen molar-refractivity contribution in [3.63, 3.8) is 0 Å². The number of thiophene rings is 3. The van der Waals surface area contributed by atoms with E-state index in [0.29, 0.717) is 0 Å². The molecule has 0 atom stereocenters. The maximum atomic E-state index is 2.48. The van der Waals surface area contributed by atoms with Gasteiger partial charge in [0.2, 0.25) is 0 Å². The maximum Gasteiger partial charge on any atom is 0.0434 e. The first-order valence-electron chi connectivity index (χ1n) is 40.3. The van der Waals surface area contributed by atoms with E-state index >= 15 is 0 Å². The Morgan fingerprint density at radius 3 is 0.786 bits per heavy atom. The summed E-state index contributed by atoms with van der Waals surface area (Å²) in [7, 11) is 0. The highest BCUT2D eigenvalue weighted by atomic mass is 32.1. The minimum Gasteiger partial charge on any atom is -0.135 e. The van der Waals surface area contributed by atoms with Crippen LogP contribution in [0.3, 0.4) is 0 Å². The van der Waals surface area contributed by atoms with Crippen molar-refractivity contribution >= 4 is 191 Å². The predicted octanol–water partition coefficient (Wildman–Crippen LogP) is 34.2. The van der Waals surface area contributed by atoms with Gasteiger partial charge in [0.05, 0.1) is 0 Å². The predicted molar refractivity (Wildman–Crippen MR) is 512 cm³/mol. The summed E-state index contributed by atoms with van der Waals surface area (Å²) in [6, 6.07) is 151. The number of rotatable bonds is 9. The molecule has 0 unspecified atom stereocenters. The molecule has 0 aliphatic rings. The van der Waals surface area contributed by atoms with Gasteiger partial charge in [-0.2, -0.15) is 0 Å². The van der Waals surface area contributed by atoms with Gasteiger partial charge >= 0.3 is 0 Å².